The van der Waals surface area contributed by atoms with E-state index in [1.54, 1.807) is 0 Å². The Morgan fingerprint density at radius 3 is 2.53 bits per heavy atom. The zero-order chi connectivity index (χ0) is 22.6. The van der Waals surface area contributed by atoms with Crippen molar-refractivity contribution < 1.29 is 23.1 Å². The number of nitrogens with zero attached hydrogens (tertiary/aromatic N) is 1. The number of para-hydroxylation sites is 1. The van der Waals surface area contributed by atoms with Gasteiger partial charge in [-0.1, -0.05) is 18.2 Å². The minimum Gasteiger partial charge on any atom is -0.477 e. The van der Waals surface area contributed by atoms with Crippen molar-refractivity contribution in [2.24, 2.45) is 0 Å². The van der Waals surface area contributed by atoms with Gasteiger partial charge in [-0.25, -0.2) is 18.0 Å². The van der Waals surface area contributed by atoms with Gasteiger partial charge >= 0.3 is 5.97 Å². The normalized spacial score (nSPS) is 12.6. The number of carboxylic acid groups (broad SMARTS) is 1. The lowest BCUT2D eigenvalue weighted by Crippen LogP contribution is -2.21. The fourth-order valence-corrected chi connectivity index (χ4v) is 4.20. The largest absolute Gasteiger partial charge is 0.477 e. The molecule has 0 bridgehead atoms. The summed E-state index contributed by atoms with van der Waals surface area (Å²) in [6.07, 6.45) is 1.23. The van der Waals surface area contributed by atoms with Gasteiger partial charge in [0.15, 0.2) is 0 Å². The molecule has 1 aromatic heterocycles. The average molecular weight is 436 g/mol. The molecule has 3 aromatic carbocycles. The molecule has 0 unspecified atom stereocenters. The van der Waals surface area contributed by atoms with Gasteiger partial charge in [-0.3, -0.25) is 4.79 Å². The van der Waals surface area contributed by atoms with Crippen LogP contribution in [0.1, 0.15) is 27.0 Å². The summed E-state index contributed by atoms with van der Waals surface area (Å²) in [5.41, 5.74) is 0.840. The third kappa shape index (κ3) is 3.03. The number of anilines is 1. The number of fused-ring (bicyclic) bond motifs is 4. The fraction of sp³-hybridized carbons (Fsp3) is 0.0833. The predicted octanol–water partition coefficient (Wildman–Crippen LogP) is 4.62. The van der Waals surface area contributed by atoms with E-state index in [4.69, 9.17) is 0 Å². The van der Waals surface area contributed by atoms with Crippen LogP contribution < -0.4 is 10.7 Å². The van der Waals surface area contributed by atoms with E-state index in [1.807, 2.05) is 24.3 Å². The fourth-order valence-electron chi connectivity index (χ4n) is 4.20. The summed E-state index contributed by atoms with van der Waals surface area (Å²) in [5, 5.41) is 12.5. The highest BCUT2D eigenvalue weighted by atomic mass is 19.1. The van der Waals surface area contributed by atoms with Crippen LogP contribution in [0.15, 0.2) is 59.5 Å². The minimum atomic E-state index is -1.53. The van der Waals surface area contributed by atoms with Crippen molar-refractivity contribution in [3.8, 4) is 5.69 Å². The lowest BCUT2D eigenvalue weighted by atomic mass is 9.95. The SMILES string of the molecule is O=C(O)c1cn(-c2ccc(F)cc2F)c2c3c(c(F)cc2c1=O)CNc1ccccc1C3. The maximum atomic E-state index is 15.1. The molecule has 1 aliphatic rings. The summed E-state index contributed by atoms with van der Waals surface area (Å²) in [6.45, 7) is 0.120. The van der Waals surface area contributed by atoms with Crippen LogP contribution in [0.2, 0.25) is 0 Å². The molecule has 32 heavy (non-hydrogen) atoms. The summed E-state index contributed by atoms with van der Waals surface area (Å²) in [6, 6.07) is 11.2. The van der Waals surface area contributed by atoms with Crippen molar-refractivity contribution in [1.82, 2.24) is 4.57 Å². The van der Waals surface area contributed by atoms with Gasteiger partial charge in [-0.2, -0.15) is 0 Å². The maximum absolute atomic E-state index is 15.1. The zero-order valence-corrected chi connectivity index (χ0v) is 16.5. The molecule has 8 heteroatoms. The molecule has 1 aliphatic heterocycles. The highest BCUT2D eigenvalue weighted by molar-refractivity contribution is 5.95. The van der Waals surface area contributed by atoms with Crippen LogP contribution in [0.3, 0.4) is 0 Å². The number of nitrogens with one attached hydrogen (secondary N) is 1. The standard InChI is InChI=1S/C24H15F3N2O3/c25-13-5-6-21(19(27)8-13)29-11-17(24(31)32)23(30)15-9-18(26)16-10-28-20-4-2-1-3-12(20)7-14(16)22(15)29/h1-6,8-9,11,28H,7,10H2,(H,31,32). The number of pyridine rings is 1. The number of hydrogen-bond donors (Lipinski definition) is 2. The number of benzene rings is 3. The molecule has 4 aromatic rings. The second-order valence-electron chi connectivity index (χ2n) is 7.54. The summed E-state index contributed by atoms with van der Waals surface area (Å²) < 4.78 is 44.6. The maximum Gasteiger partial charge on any atom is 0.341 e. The highest BCUT2D eigenvalue weighted by Crippen LogP contribution is 2.34. The average Bonchev–Trinajstić information content (AvgIpc) is 2.95. The van der Waals surface area contributed by atoms with Gasteiger partial charge in [-0.05, 0) is 35.4 Å². The number of halogens is 3. The third-order valence-corrected chi connectivity index (χ3v) is 5.69. The number of carboxylic acids is 1. The van der Waals surface area contributed by atoms with Gasteiger partial charge in [0, 0.05) is 36.5 Å². The summed E-state index contributed by atoms with van der Waals surface area (Å²) >= 11 is 0. The number of hydrogen-bond acceptors (Lipinski definition) is 3. The highest BCUT2D eigenvalue weighted by Gasteiger charge is 2.25. The van der Waals surface area contributed by atoms with Crippen LogP contribution in [-0.2, 0) is 13.0 Å². The van der Waals surface area contributed by atoms with E-state index in [2.05, 4.69) is 5.32 Å². The predicted molar refractivity (Wildman–Crippen MR) is 113 cm³/mol. The Bertz CT molecular complexity index is 1490. The van der Waals surface area contributed by atoms with E-state index >= 15 is 4.39 Å². The molecule has 5 nitrogen and oxygen atoms in total. The monoisotopic (exact) mass is 436 g/mol. The second-order valence-corrected chi connectivity index (χ2v) is 7.54. The first-order valence-electron chi connectivity index (χ1n) is 9.75. The van der Waals surface area contributed by atoms with Crippen LogP contribution in [0.5, 0.6) is 0 Å². The van der Waals surface area contributed by atoms with E-state index in [0.717, 1.165) is 35.6 Å². The van der Waals surface area contributed by atoms with Crippen molar-refractivity contribution in [3.63, 3.8) is 0 Å². The van der Waals surface area contributed by atoms with E-state index < -0.39 is 34.4 Å². The summed E-state index contributed by atoms with van der Waals surface area (Å²) in [5.74, 6) is -3.95. The van der Waals surface area contributed by atoms with Crippen molar-refractivity contribution in [2.75, 3.05) is 5.32 Å². The molecule has 5 rings (SSSR count). The molecule has 0 spiro atoms. The van der Waals surface area contributed by atoms with E-state index in [9.17, 15) is 23.5 Å². The van der Waals surface area contributed by atoms with Gasteiger partial charge in [0.2, 0.25) is 5.43 Å². The smallest absolute Gasteiger partial charge is 0.341 e. The summed E-state index contributed by atoms with van der Waals surface area (Å²) in [7, 11) is 0. The van der Waals surface area contributed by atoms with Crippen molar-refractivity contribution in [3.05, 3.63) is 105 Å². The Morgan fingerprint density at radius 2 is 1.78 bits per heavy atom. The van der Waals surface area contributed by atoms with Crippen molar-refractivity contribution in [1.29, 1.82) is 0 Å². The molecule has 0 atom stereocenters. The number of carbonyl (C=O) groups is 1. The molecule has 0 fully saturated rings. The molecule has 160 valence electrons. The van der Waals surface area contributed by atoms with Crippen LogP contribution in [0, 0.1) is 17.5 Å². The van der Waals surface area contributed by atoms with E-state index in [0.29, 0.717) is 11.6 Å². The third-order valence-electron chi connectivity index (χ3n) is 5.69. The molecular formula is C24H15F3N2O3. The lowest BCUT2D eigenvalue weighted by Gasteiger charge is -2.19. The molecular weight excluding hydrogens is 421 g/mol. The van der Waals surface area contributed by atoms with Gasteiger partial charge in [-0.15, -0.1) is 0 Å². The molecule has 2 N–H and O–H groups in total. The van der Waals surface area contributed by atoms with Crippen molar-refractivity contribution >= 4 is 22.6 Å². The van der Waals surface area contributed by atoms with Crippen LogP contribution >= 0.6 is 0 Å². The van der Waals surface area contributed by atoms with Crippen LogP contribution in [0.25, 0.3) is 16.6 Å². The van der Waals surface area contributed by atoms with Crippen LogP contribution in [-0.4, -0.2) is 15.6 Å². The second kappa shape index (κ2) is 7.26. The first-order valence-corrected chi connectivity index (χ1v) is 9.75. The lowest BCUT2D eigenvalue weighted by molar-refractivity contribution is 0.0695. The Hall–Kier alpha value is -4.07. The molecule has 0 saturated heterocycles. The first-order chi connectivity index (χ1) is 15.3. The summed E-state index contributed by atoms with van der Waals surface area (Å²) in [4.78, 5) is 24.6. The van der Waals surface area contributed by atoms with E-state index in [1.165, 1.54) is 4.57 Å². The molecule has 2 heterocycles. The number of aromatic carboxylic acids is 1. The van der Waals surface area contributed by atoms with Gasteiger partial charge in [0.1, 0.15) is 23.0 Å². The Morgan fingerprint density at radius 1 is 1.00 bits per heavy atom. The Labute approximate surface area is 179 Å². The van der Waals surface area contributed by atoms with Crippen molar-refractivity contribution in [2.45, 2.75) is 13.0 Å². The first kappa shape index (κ1) is 19.9. The number of rotatable bonds is 2. The van der Waals surface area contributed by atoms with Gasteiger partial charge < -0.3 is 15.0 Å². The quantitative estimate of drug-likeness (QED) is 0.481. The molecule has 0 radical (unpaired) electrons. The number of aromatic nitrogens is 1. The molecule has 0 saturated carbocycles. The molecule has 0 amide bonds. The van der Waals surface area contributed by atoms with Gasteiger partial charge in [0.25, 0.3) is 0 Å². The Balaban J connectivity index is 1.94. The molecule has 0 aliphatic carbocycles. The zero-order valence-electron chi connectivity index (χ0n) is 16.5. The Kier molecular flexibility index (Phi) is 4.51. The van der Waals surface area contributed by atoms with Gasteiger partial charge in [0.05, 0.1) is 16.6 Å². The minimum absolute atomic E-state index is 0.120. The van der Waals surface area contributed by atoms with E-state index in [-0.39, 0.29) is 35.1 Å². The van der Waals surface area contributed by atoms with Crippen LogP contribution in [0.4, 0.5) is 18.9 Å². The topological polar surface area (TPSA) is 71.3 Å².